The zero-order chi connectivity index (χ0) is 26.4. The molecule has 2 bridgehead atoms. The van der Waals surface area contributed by atoms with Gasteiger partial charge in [-0.15, -0.1) is 0 Å². The minimum Gasteiger partial charge on any atom is -0.394 e. The highest BCUT2D eigenvalue weighted by molar-refractivity contribution is 6.33. The summed E-state index contributed by atoms with van der Waals surface area (Å²) < 4.78 is 6.62. The van der Waals surface area contributed by atoms with Gasteiger partial charge in [0.25, 0.3) is 0 Å². The lowest BCUT2D eigenvalue weighted by molar-refractivity contribution is -0.148. The fourth-order valence-electron chi connectivity index (χ4n) is 6.55. The van der Waals surface area contributed by atoms with Crippen LogP contribution in [-0.2, 0) is 19.1 Å². The summed E-state index contributed by atoms with van der Waals surface area (Å²) in [5.74, 6) is -2.64. The molecule has 37 heavy (non-hydrogen) atoms. The molecule has 2 aromatic rings. The Balaban J connectivity index is 1.60. The Morgan fingerprint density at radius 2 is 1.84 bits per heavy atom. The summed E-state index contributed by atoms with van der Waals surface area (Å²) in [6.45, 7) is 3.92. The Labute approximate surface area is 221 Å². The SMILES string of the molecule is CCCNC(=O)[C@H]1[C@H]2C(=O)N([C@H](CO)c3ccccc3)C(C(=O)Nc3ccccc3Cl)C23CC[C@]1(C)O3. The second kappa shape index (κ2) is 9.74. The number of aliphatic hydroxyl groups is 1. The molecule has 3 saturated heterocycles. The first-order valence-corrected chi connectivity index (χ1v) is 13.2. The maximum atomic E-state index is 14.3. The number of nitrogens with zero attached hydrogens (tertiary/aromatic N) is 1. The molecule has 9 heteroatoms. The summed E-state index contributed by atoms with van der Waals surface area (Å²) in [5, 5.41) is 16.7. The number of carbonyl (C=O) groups is 3. The van der Waals surface area contributed by atoms with Crippen LogP contribution in [0.2, 0.25) is 5.02 Å². The van der Waals surface area contributed by atoms with Crippen LogP contribution in [0.4, 0.5) is 5.69 Å². The van der Waals surface area contributed by atoms with Gasteiger partial charge in [0, 0.05) is 6.54 Å². The largest absolute Gasteiger partial charge is 0.394 e. The Morgan fingerprint density at radius 3 is 2.51 bits per heavy atom. The lowest BCUT2D eigenvalue weighted by Crippen LogP contribution is -2.54. The molecular weight excluding hydrogens is 494 g/mol. The van der Waals surface area contributed by atoms with Crippen molar-refractivity contribution in [1.82, 2.24) is 10.2 Å². The van der Waals surface area contributed by atoms with Crippen molar-refractivity contribution in [2.75, 3.05) is 18.5 Å². The molecule has 5 rings (SSSR count). The van der Waals surface area contributed by atoms with E-state index >= 15 is 0 Å². The number of hydrogen-bond donors (Lipinski definition) is 3. The van der Waals surface area contributed by atoms with E-state index in [9.17, 15) is 19.5 Å². The van der Waals surface area contributed by atoms with Crippen LogP contribution in [0.5, 0.6) is 0 Å². The minimum absolute atomic E-state index is 0.239. The predicted octanol–water partition coefficient (Wildman–Crippen LogP) is 3.30. The smallest absolute Gasteiger partial charge is 0.250 e. The summed E-state index contributed by atoms with van der Waals surface area (Å²) in [4.78, 5) is 43.1. The normalized spacial score (nSPS) is 30.8. The third kappa shape index (κ3) is 4.02. The fraction of sp³-hybridized carbons (Fsp3) is 0.464. The summed E-state index contributed by atoms with van der Waals surface area (Å²) in [7, 11) is 0. The number of fused-ring (bicyclic) bond motifs is 1. The number of nitrogens with one attached hydrogen (secondary N) is 2. The van der Waals surface area contributed by atoms with E-state index in [1.807, 2.05) is 44.2 Å². The van der Waals surface area contributed by atoms with E-state index in [1.165, 1.54) is 4.90 Å². The van der Waals surface area contributed by atoms with Crippen LogP contribution in [0.15, 0.2) is 54.6 Å². The third-order valence-electron chi connectivity index (χ3n) is 8.12. The van der Waals surface area contributed by atoms with E-state index in [4.69, 9.17) is 16.3 Å². The average Bonchev–Trinajstić information content (AvgIpc) is 3.46. The standard InChI is InChI=1S/C28H32ClN3O5/c1-3-15-30-24(34)21-22-26(36)32(20(16-33)17-9-5-4-6-10-17)23(28(22)14-13-27(21,2)37-28)25(35)31-19-12-8-7-11-18(19)29/h4-12,20-23,33H,3,13-16H2,1-2H3,(H,30,34)(H,31,35)/t20-,21-,22+,23?,27+,28?/m1/s1. The Hall–Kier alpha value is -2.94. The Bertz CT molecular complexity index is 1210. The predicted molar refractivity (Wildman–Crippen MR) is 139 cm³/mol. The molecule has 6 atom stereocenters. The molecule has 3 aliphatic heterocycles. The van der Waals surface area contributed by atoms with Crippen LogP contribution in [0, 0.1) is 11.8 Å². The molecule has 0 saturated carbocycles. The van der Waals surface area contributed by atoms with E-state index < -0.39 is 47.6 Å². The van der Waals surface area contributed by atoms with Gasteiger partial charge in [0.05, 0.1) is 40.8 Å². The zero-order valence-corrected chi connectivity index (χ0v) is 21.7. The van der Waals surface area contributed by atoms with Gasteiger partial charge in [-0.2, -0.15) is 0 Å². The number of carbonyl (C=O) groups excluding carboxylic acids is 3. The maximum Gasteiger partial charge on any atom is 0.250 e. The van der Waals surface area contributed by atoms with Crippen molar-refractivity contribution < 1.29 is 24.2 Å². The average molecular weight is 526 g/mol. The molecule has 0 radical (unpaired) electrons. The maximum absolute atomic E-state index is 14.3. The number of likely N-dealkylation sites (tertiary alicyclic amines) is 1. The summed E-state index contributed by atoms with van der Waals surface area (Å²) in [6, 6.07) is 14.1. The van der Waals surface area contributed by atoms with E-state index in [0.717, 1.165) is 6.42 Å². The molecule has 3 aliphatic rings. The number of halogens is 1. The van der Waals surface area contributed by atoms with Crippen molar-refractivity contribution in [1.29, 1.82) is 0 Å². The number of benzene rings is 2. The van der Waals surface area contributed by atoms with Gasteiger partial charge in [0.1, 0.15) is 11.6 Å². The Kier molecular flexibility index (Phi) is 6.77. The molecule has 3 heterocycles. The lowest BCUT2D eigenvalue weighted by Gasteiger charge is -2.37. The first-order chi connectivity index (χ1) is 17.8. The van der Waals surface area contributed by atoms with Gasteiger partial charge in [-0.1, -0.05) is 61.0 Å². The van der Waals surface area contributed by atoms with Crippen LogP contribution in [-0.4, -0.2) is 58.1 Å². The Morgan fingerprint density at radius 1 is 1.14 bits per heavy atom. The van der Waals surface area contributed by atoms with E-state index in [1.54, 1.807) is 24.3 Å². The van der Waals surface area contributed by atoms with Crippen molar-refractivity contribution in [2.24, 2.45) is 11.8 Å². The summed E-state index contributed by atoms with van der Waals surface area (Å²) in [6.07, 6.45) is 1.75. The van der Waals surface area contributed by atoms with E-state index in [2.05, 4.69) is 10.6 Å². The number of rotatable bonds is 8. The van der Waals surface area contributed by atoms with Crippen LogP contribution in [0.25, 0.3) is 0 Å². The fourth-order valence-corrected chi connectivity index (χ4v) is 6.73. The molecule has 196 valence electrons. The van der Waals surface area contributed by atoms with Gasteiger partial charge in [-0.05, 0) is 43.9 Å². The number of hydrogen-bond acceptors (Lipinski definition) is 5. The first-order valence-electron chi connectivity index (χ1n) is 12.8. The van der Waals surface area contributed by atoms with Crippen molar-refractivity contribution in [3.05, 3.63) is 65.2 Å². The zero-order valence-electron chi connectivity index (χ0n) is 20.9. The van der Waals surface area contributed by atoms with E-state index in [-0.39, 0.29) is 11.8 Å². The van der Waals surface area contributed by atoms with Gasteiger partial charge in [0.2, 0.25) is 17.7 Å². The quantitative estimate of drug-likeness (QED) is 0.490. The van der Waals surface area contributed by atoms with Crippen LogP contribution in [0.3, 0.4) is 0 Å². The molecule has 2 aromatic carbocycles. The number of ether oxygens (including phenoxy) is 1. The molecule has 3 amide bonds. The highest BCUT2D eigenvalue weighted by Crippen LogP contribution is 2.64. The van der Waals surface area contributed by atoms with Crippen molar-refractivity contribution in [3.8, 4) is 0 Å². The number of para-hydroxylation sites is 1. The third-order valence-corrected chi connectivity index (χ3v) is 8.45. The van der Waals surface area contributed by atoms with Crippen LogP contribution < -0.4 is 10.6 Å². The van der Waals surface area contributed by atoms with Crippen molar-refractivity contribution in [3.63, 3.8) is 0 Å². The van der Waals surface area contributed by atoms with Crippen molar-refractivity contribution >= 4 is 35.0 Å². The van der Waals surface area contributed by atoms with E-state index in [0.29, 0.717) is 35.7 Å². The van der Waals surface area contributed by atoms with Crippen LogP contribution in [0.1, 0.15) is 44.7 Å². The molecule has 3 fully saturated rings. The van der Waals surface area contributed by atoms with Gasteiger partial charge in [0.15, 0.2) is 0 Å². The molecule has 1 spiro atoms. The van der Waals surface area contributed by atoms with Crippen LogP contribution >= 0.6 is 11.6 Å². The van der Waals surface area contributed by atoms with Gasteiger partial charge < -0.3 is 25.4 Å². The molecule has 3 N–H and O–H groups in total. The summed E-state index contributed by atoms with van der Waals surface area (Å²) >= 11 is 6.33. The molecular formula is C28H32ClN3O5. The monoisotopic (exact) mass is 525 g/mol. The second-order valence-electron chi connectivity index (χ2n) is 10.3. The number of amides is 3. The molecule has 0 aliphatic carbocycles. The minimum atomic E-state index is -1.20. The highest BCUT2D eigenvalue weighted by atomic mass is 35.5. The molecule has 8 nitrogen and oxygen atoms in total. The van der Waals surface area contributed by atoms with Crippen molar-refractivity contribution in [2.45, 2.75) is 56.4 Å². The van der Waals surface area contributed by atoms with Gasteiger partial charge in [-0.3, -0.25) is 14.4 Å². The lowest BCUT2D eigenvalue weighted by atomic mass is 9.66. The van der Waals surface area contributed by atoms with Gasteiger partial charge in [-0.25, -0.2) is 0 Å². The first kappa shape index (κ1) is 25.7. The second-order valence-corrected chi connectivity index (χ2v) is 10.7. The summed E-state index contributed by atoms with van der Waals surface area (Å²) in [5.41, 5.74) is -0.960. The molecule has 2 unspecified atom stereocenters. The number of aliphatic hydroxyl groups excluding tert-OH is 1. The molecule has 0 aromatic heterocycles. The highest BCUT2D eigenvalue weighted by Gasteiger charge is 2.78. The van der Waals surface area contributed by atoms with Gasteiger partial charge >= 0.3 is 0 Å². The topological polar surface area (TPSA) is 108 Å². The number of anilines is 1.